The van der Waals surface area contributed by atoms with Crippen LogP contribution in [0.5, 0.6) is 0 Å². The maximum atomic E-state index is 6.02. The maximum Gasteiger partial charge on any atom is 0.0637 e. The van der Waals surface area contributed by atoms with Gasteiger partial charge in [0.15, 0.2) is 0 Å². The van der Waals surface area contributed by atoms with Crippen LogP contribution in [0, 0.1) is 5.92 Å². The molecule has 2 atom stereocenters. The highest BCUT2D eigenvalue weighted by molar-refractivity contribution is 5.46. The minimum atomic E-state index is 0.0392. The van der Waals surface area contributed by atoms with Gasteiger partial charge in [0.1, 0.15) is 0 Å². The average molecular weight is 277 g/mol. The number of hydrogen-bond acceptors (Lipinski definition) is 4. The third kappa shape index (κ3) is 3.70. The number of pyridine rings is 1. The highest BCUT2D eigenvalue weighted by atomic mass is 16.5. The maximum absolute atomic E-state index is 6.02. The summed E-state index contributed by atoms with van der Waals surface area (Å²) in [5.41, 5.74) is 8.17. The molecule has 20 heavy (non-hydrogen) atoms. The van der Waals surface area contributed by atoms with Crippen LogP contribution in [0.15, 0.2) is 18.3 Å². The molecule has 1 aliphatic rings. The molecule has 4 heteroatoms. The minimum absolute atomic E-state index is 0.0392. The van der Waals surface area contributed by atoms with Crippen LogP contribution >= 0.6 is 0 Å². The molecule has 1 fully saturated rings. The summed E-state index contributed by atoms with van der Waals surface area (Å²) in [6.07, 6.45) is 5.56. The lowest BCUT2D eigenvalue weighted by Crippen LogP contribution is -2.37. The Balaban J connectivity index is 2.10. The van der Waals surface area contributed by atoms with Crippen molar-refractivity contribution in [2.45, 2.75) is 45.2 Å². The van der Waals surface area contributed by atoms with Gasteiger partial charge in [-0.3, -0.25) is 4.98 Å². The van der Waals surface area contributed by atoms with Gasteiger partial charge in [0, 0.05) is 25.7 Å². The second-order valence-electron chi connectivity index (χ2n) is 5.72. The molecular formula is C16H27N3O. The fourth-order valence-electron chi connectivity index (χ4n) is 2.59. The number of anilines is 1. The van der Waals surface area contributed by atoms with Gasteiger partial charge in [0.2, 0.25) is 0 Å². The summed E-state index contributed by atoms with van der Waals surface area (Å²) in [5.74, 6) is 0.824. The fourth-order valence-corrected chi connectivity index (χ4v) is 2.59. The van der Waals surface area contributed by atoms with Crippen molar-refractivity contribution in [3.63, 3.8) is 0 Å². The molecule has 0 aromatic carbocycles. The Morgan fingerprint density at radius 1 is 1.45 bits per heavy atom. The monoisotopic (exact) mass is 277 g/mol. The second kappa shape index (κ2) is 7.04. The smallest absolute Gasteiger partial charge is 0.0637 e. The molecule has 2 rings (SSSR count). The third-order valence-corrected chi connectivity index (χ3v) is 4.25. The van der Waals surface area contributed by atoms with Crippen LogP contribution in [0.4, 0.5) is 5.69 Å². The number of rotatable bonds is 8. The number of methoxy groups -OCH3 is 1. The van der Waals surface area contributed by atoms with E-state index in [1.54, 1.807) is 7.11 Å². The summed E-state index contributed by atoms with van der Waals surface area (Å²) >= 11 is 0. The van der Waals surface area contributed by atoms with Crippen LogP contribution < -0.4 is 10.6 Å². The molecule has 112 valence electrons. The summed E-state index contributed by atoms with van der Waals surface area (Å²) in [6, 6.07) is 4.80. The standard InChI is InChI=1S/C16H27N3O/c1-4-15(17)16-8-7-14(11-18-16)19(9-10-20-3)12(2)13-5-6-13/h7-8,11-13,15H,4-6,9-10,17H2,1-3H3/t12?,15-/m0/s1. The van der Waals surface area contributed by atoms with Crippen molar-refractivity contribution in [1.29, 1.82) is 0 Å². The van der Waals surface area contributed by atoms with Crippen LogP contribution in [-0.4, -0.2) is 31.3 Å². The van der Waals surface area contributed by atoms with Crippen LogP contribution in [-0.2, 0) is 4.74 Å². The molecule has 0 bridgehead atoms. The van der Waals surface area contributed by atoms with Crippen LogP contribution in [0.1, 0.15) is 44.8 Å². The zero-order valence-electron chi connectivity index (χ0n) is 12.9. The van der Waals surface area contributed by atoms with Gasteiger partial charge in [-0.1, -0.05) is 6.92 Å². The van der Waals surface area contributed by atoms with E-state index in [0.717, 1.165) is 31.2 Å². The predicted octanol–water partition coefficient (Wildman–Crippen LogP) is 2.74. The van der Waals surface area contributed by atoms with E-state index in [2.05, 4.69) is 35.9 Å². The molecule has 1 aromatic heterocycles. The van der Waals surface area contributed by atoms with Gasteiger partial charge in [-0.05, 0) is 44.2 Å². The van der Waals surface area contributed by atoms with Crippen molar-refractivity contribution in [2.24, 2.45) is 11.7 Å². The number of aromatic nitrogens is 1. The van der Waals surface area contributed by atoms with Crippen LogP contribution in [0.25, 0.3) is 0 Å². The predicted molar refractivity (Wildman–Crippen MR) is 82.9 cm³/mol. The van der Waals surface area contributed by atoms with Crippen molar-refractivity contribution >= 4 is 5.69 Å². The van der Waals surface area contributed by atoms with E-state index < -0.39 is 0 Å². The van der Waals surface area contributed by atoms with E-state index in [-0.39, 0.29) is 6.04 Å². The molecule has 1 aliphatic carbocycles. The lowest BCUT2D eigenvalue weighted by molar-refractivity contribution is 0.202. The number of hydrogen-bond donors (Lipinski definition) is 1. The Bertz CT molecular complexity index is 403. The van der Waals surface area contributed by atoms with Crippen molar-refractivity contribution in [2.75, 3.05) is 25.2 Å². The highest BCUT2D eigenvalue weighted by Gasteiger charge is 2.32. The van der Waals surface area contributed by atoms with Crippen LogP contribution in [0.3, 0.4) is 0 Å². The summed E-state index contributed by atoms with van der Waals surface area (Å²) in [4.78, 5) is 6.95. The topological polar surface area (TPSA) is 51.4 Å². The van der Waals surface area contributed by atoms with Crippen molar-refractivity contribution < 1.29 is 4.74 Å². The minimum Gasteiger partial charge on any atom is -0.383 e. The fraction of sp³-hybridized carbons (Fsp3) is 0.688. The molecule has 1 heterocycles. The summed E-state index contributed by atoms with van der Waals surface area (Å²) in [5, 5.41) is 0. The molecule has 0 spiro atoms. The average Bonchev–Trinajstić information content (AvgIpc) is 3.32. The van der Waals surface area contributed by atoms with Gasteiger partial charge in [0.25, 0.3) is 0 Å². The van der Waals surface area contributed by atoms with Crippen molar-refractivity contribution in [3.05, 3.63) is 24.0 Å². The first kappa shape index (κ1) is 15.3. The second-order valence-corrected chi connectivity index (χ2v) is 5.72. The van der Waals surface area contributed by atoms with Crippen LogP contribution in [0.2, 0.25) is 0 Å². The van der Waals surface area contributed by atoms with E-state index in [1.807, 2.05) is 6.20 Å². The van der Waals surface area contributed by atoms with Gasteiger partial charge in [0.05, 0.1) is 24.2 Å². The number of nitrogens with zero attached hydrogens (tertiary/aromatic N) is 2. The zero-order chi connectivity index (χ0) is 14.5. The van der Waals surface area contributed by atoms with E-state index >= 15 is 0 Å². The molecule has 2 N–H and O–H groups in total. The lowest BCUT2D eigenvalue weighted by atomic mass is 10.1. The van der Waals surface area contributed by atoms with Crippen molar-refractivity contribution in [1.82, 2.24) is 4.98 Å². The largest absolute Gasteiger partial charge is 0.383 e. The first-order valence-corrected chi connectivity index (χ1v) is 7.64. The Morgan fingerprint density at radius 2 is 2.20 bits per heavy atom. The van der Waals surface area contributed by atoms with Gasteiger partial charge >= 0.3 is 0 Å². The van der Waals surface area contributed by atoms with E-state index in [9.17, 15) is 0 Å². The first-order valence-electron chi connectivity index (χ1n) is 7.64. The summed E-state index contributed by atoms with van der Waals surface area (Å²) in [7, 11) is 1.75. The molecule has 1 unspecified atom stereocenters. The quantitative estimate of drug-likeness (QED) is 0.794. The molecule has 4 nitrogen and oxygen atoms in total. The lowest BCUT2D eigenvalue weighted by Gasteiger charge is -2.31. The van der Waals surface area contributed by atoms with Crippen molar-refractivity contribution in [3.8, 4) is 0 Å². The molecule has 1 aromatic rings. The highest BCUT2D eigenvalue weighted by Crippen LogP contribution is 2.36. The molecule has 0 radical (unpaired) electrons. The van der Waals surface area contributed by atoms with Gasteiger partial charge in [-0.2, -0.15) is 0 Å². The van der Waals surface area contributed by atoms with E-state index in [4.69, 9.17) is 10.5 Å². The SMILES string of the molecule is CC[C@H](N)c1ccc(N(CCOC)C(C)C2CC2)cn1. The molecule has 0 aliphatic heterocycles. The molecule has 0 amide bonds. The van der Waals surface area contributed by atoms with E-state index in [0.29, 0.717) is 6.04 Å². The summed E-state index contributed by atoms with van der Waals surface area (Å²) in [6.45, 7) is 6.04. The number of nitrogens with two attached hydrogens (primary N) is 1. The Labute approximate surface area is 122 Å². The first-order chi connectivity index (χ1) is 9.67. The molecule has 0 saturated heterocycles. The zero-order valence-corrected chi connectivity index (χ0v) is 12.9. The van der Waals surface area contributed by atoms with Gasteiger partial charge in [-0.15, -0.1) is 0 Å². The van der Waals surface area contributed by atoms with Gasteiger partial charge < -0.3 is 15.4 Å². The van der Waals surface area contributed by atoms with E-state index in [1.165, 1.54) is 18.5 Å². The Hall–Kier alpha value is -1.13. The molecule has 1 saturated carbocycles. The third-order valence-electron chi connectivity index (χ3n) is 4.25. The Morgan fingerprint density at radius 3 is 2.70 bits per heavy atom. The number of ether oxygens (including phenoxy) is 1. The molecular weight excluding hydrogens is 250 g/mol. The normalized spacial score (nSPS) is 17.8. The van der Waals surface area contributed by atoms with Gasteiger partial charge in [-0.25, -0.2) is 0 Å². The Kier molecular flexibility index (Phi) is 5.38. The summed E-state index contributed by atoms with van der Waals surface area (Å²) < 4.78 is 5.24.